The first kappa shape index (κ1) is 22.9. The Bertz CT molecular complexity index is 1420. The van der Waals surface area contributed by atoms with Gasteiger partial charge >= 0.3 is 0 Å². The first-order valence-electron chi connectivity index (χ1n) is 11.5. The highest BCUT2D eigenvalue weighted by Gasteiger charge is 2.31. The molecule has 1 amide bonds. The van der Waals surface area contributed by atoms with Gasteiger partial charge in [-0.05, 0) is 53.9 Å². The number of carbonyl (C=O) groups excluding carboxylic acids is 1. The minimum atomic E-state index is -0.295. The second-order valence-corrected chi connectivity index (χ2v) is 9.20. The van der Waals surface area contributed by atoms with Crippen molar-refractivity contribution in [1.29, 1.82) is 0 Å². The van der Waals surface area contributed by atoms with Gasteiger partial charge < -0.3 is 5.32 Å². The minimum absolute atomic E-state index is 0.0699. The molecule has 0 spiro atoms. The number of amides is 1. The molecule has 176 valence electrons. The fraction of sp³-hybridized carbons (Fsp3) is 0.185. The molecular formula is C27H24FN5OS. The van der Waals surface area contributed by atoms with Crippen LogP contribution < -0.4 is 5.32 Å². The maximum absolute atomic E-state index is 13.4. The summed E-state index contributed by atoms with van der Waals surface area (Å²) in [7, 11) is 0. The van der Waals surface area contributed by atoms with Crippen LogP contribution in [0.4, 0.5) is 9.52 Å². The van der Waals surface area contributed by atoms with E-state index in [1.165, 1.54) is 23.5 Å². The third-order valence-corrected chi connectivity index (χ3v) is 6.72. The quantitative estimate of drug-likeness (QED) is 0.284. The van der Waals surface area contributed by atoms with E-state index in [4.69, 9.17) is 0 Å². The monoisotopic (exact) mass is 485 g/mol. The van der Waals surface area contributed by atoms with Crippen molar-refractivity contribution in [3.63, 3.8) is 0 Å². The molecule has 3 aromatic carbocycles. The highest BCUT2D eigenvalue weighted by molar-refractivity contribution is 7.13. The smallest absolute Gasteiger partial charge is 0.230 e. The van der Waals surface area contributed by atoms with Gasteiger partial charge in [0, 0.05) is 17.2 Å². The van der Waals surface area contributed by atoms with E-state index in [1.54, 1.807) is 28.5 Å². The molecule has 5 rings (SSSR count). The van der Waals surface area contributed by atoms with Gasteiger partial charge in [0.05, 0.1) is 17.4 Å². The second-order valence-electron chi connectivity index (χ2n) is 8.37. The number of nitrogens with zero attached hydrogens (tertiary/aromatic N) is 4. The van der Waals surface area contributed by atoms with Crippen molar-refractivity contribution in [3.8, 4) is 5.69 Å². The lowest BCUT2D eigenvalue weighted by atomic mass is 9.78. The molecule has 35 heavy (non-hydrogen) atoms. The van der Waals surface area contributed by atoms with Gasteiger partial charge in [0.25, 0.3) is 0 Å². The van der Waals surface area contributed by atoms with E-state index >= 15 is 0 Å². The predicted octanol–water partition coefficient (Wildman–Crippen LogP) is 6.20. The normalized spacial score (nSPS) is 13.0. The van der Waals surface area contributed by atoms with Crippen LogP contribution in [0.1, 0.15) is 36.8 Å². The van der Waals surface area contributed by atoms with Crippen LogP contribution in [0.3, 0.4) is 0 Å². The SMILES string of the molecule is CCCC(C(=O)Nc1nncs1)C(c1ccccc1)c1ccc2c(cnn2-c2ccc(F)cc2)c1. The van der Waals surface area contributed by atoms with Crippen molar-refractivity contribution in [1.82, 2.24) is 20.0 Å². The van der Waals surface area contributed by atoms with Gasteiger partial charge in [0.2, 0.25) is 11.0 Å². The molecule has 8 heteroatoms. The van der Waals surface area contributed by atoms with Crippen molar-refractivity contribution < 1.29 is 9.18 Å². The zero-order valence-corrected chi connectivity index (χ0v) is 20.0. The Morgan fingerprint density at radius 1 is 1.06 bits per heavy atom. The zero-order valence-electron chi connectivity index (χ0n) is 19.1. The standard InChI is InChI=1S/C27H24FN5OS/c1-2-6-23(26(34)31-27-32-29-17-35-27)25(18-7-4-3-5-8-18)19-9-14-24-20(15-19)16-30-33(24)22-12-10-21(28)11-13-22/h3-5,7-17,23,25H,2,6H2,1H3,(H,31,32,34). The Labute approximate surface area is 206 Å². The van der Waals surface area contributed by atoms with E-state index in [0.29, 0.717) is 5.13 Å². The van der Waals surface area contributed by atoms with Gasteiger partial charge in [-0.2, -0.15) is 5.10 Å². The van der Waals surface area contributed by atoms with Crippen molar-refractivity contribution in [2.75, 3.05) is 5.32 Å². The van der Waals surface area contributed by atoms with Crippen LogP contribution in [0, 0.1) is 11.7 Å². The summed E-state index contributed by atoms with van der Waals surface area (Å²) in [6.07, 6.45) is 3.39. The van der Waals surface area contributed by atoms with Crippen LogP contribution in [-0.4, -0.2) is 25.9 Å². The zero-order chi connectivity index (χ0) is 24.2. The predicted molar refractivity (Wildman–Crippen MR) is 136 cm³/mol. The Morgan fingerprint density at radius 2 is 1.86 bits per heavy atom. The average Bonchev–Trinajstić information content (AvgIpc) is 3.55. The Balaban J connectivity index is 1.56. The molecule has 5 aromatic rings. The molecule has 0 radical (unpaired) electrons. The first-order valence-corrected chi connectivity index (χ1v) is 12.4. The van der Waals surface area contributed by atoms with Crippen LogP contribution in [0.25, 0.3) is 16.6 Å². The second kappa shape index (κ2) is 10.1. The summed E-state index contributed by atoms with van der Waals surface area (Å²) in [4.78, 5) is 13.4. The van der Waals surface area contributed by atoms with Crippen LogP contribution in [-0.2, 0) is 4.79 Å². The summed E-state index contributed by atoms with van der Waals surface area (Å²) in [5, 5.41) is 16.8. The fourth-order valence-electron chi connectivity index (χ4n) is 4.54. The third-order valence-electron chi connectivity index (χ3n) is 6.11. The molecule has 0 aliphatic carbocycles. The minimum Gasteiger partial charge on any atom is -0.300 e. The number of nitrogens with one attached hydrogen (secondary N) is 1. The number of carbonyl (C=O) groups is 1. The lowest BCUT2D eigenvalue weighted by Gasteiger charge is -2.27. The van der Waals surface area contributed by atoms with E-state index in [0.717, 1.165) is 40.6 Å². The summed E-state index contributed by atoms with van der Waals surface area (Å²) in [6, 6.07) is 22.5. The molecule has 0 fully saturated rings. The molecule has 0 saturated heterocycles. The Hall–Kier alpha value is -3.91. The average molecular weight is 486 g/mol. The lowest BCUT2D eigenvalue weighted by molar-refractivity contribution is -0.120. The van der Waals surface area contributed by atoms with E-state index in [1.807, 2.05) is 24.3 Å². The molecular weight excluding hydrogens is 461 g/mol. The van der Waals surface area contributed by atoms with E-state index in [9.17, 15) is 9.18 Å². The van der Waals surface area contributed by atoms with Gasteiger partial charge in [0.1, 0.15) is 11.3 Å². The molecule has 2 aromatic heterocycles. The summed E-state index contributed by atoms with van der Waals surface area (Å²) < 4.78 is 15.2. The Morgan fingerprint density at radius 3 is 2.57 bits per heavy atom. The largest absolute Gasteiger partial charge is 0.300 e. The topological polar surface area (TPSA) is 72.7 Å². The lowest BCUT2D eigenvalue weighted by Crippen LogP contribution is -2.29. The third kappa shape index (κ3) is 4.83. The summed E-state index contributed by atoms with van der Waals surface area (Å²) in [5.41, 5.74) is 5.41. The molecule has 0 aliphatic rings. The van der Waals surface area contributed by atoms with E-state index < -0.39 is 0 Å². The van der Waals surface area contributed by atoms with Gasteiger partial charge in [-0.3, -0.25) is 4.79 Å². The van der Waals surface area contributed by atoms with Gasteiger partial charge in [-0.1, -0.05) is 61.1 Å². The molecule has 0 saturated carbocycles. The molecule has 2 heterocycles. The van der Waals surface area contributed by atoms with Crippen LogP contribution in [0.5, 0.6) is 0 Å². The number of anilines is 1. The maximum Gasteiger partial charge on any atom is 0.230 e. The number of fused-ring (bicyclic) bond motifs is 1. The molecule has 0 bridgehead atoms. The molecule has 2 unspecified atom stereocenters. The number of aromatic nitrogens is 4. The van der Waals surface area contributed by atoms with Crippen LogP contribution in [0.2, 0.25) is 0 Å². The van der Waals surface area contributed by atoms with Crippen molar-refractivity contribution >= 4 is 33.3 Å². The first-order chi connectivity index (χ1) is 17.1. The van der Waals surface area contributed by atoms with Gasteiger partial charge in [-0.25, -0.2) is 9.07 Å². The fourth-order valence-corrected chi connectivity index (χ4v) is 4.98. The van der Waals surface area contributed by atoms with E-state index in [-0.39, 0.29) is 23.6 Å². The van der Waals surface area contributed by atoms with Gasteiger partial charge in [0.15, 0.2) is 0 Å². The Kier molecular flexibility index (Phi) is 6.63. The van der Waals surface area contributed by atoms with Crippen molar-refractivity contribution in [2.24, 2.45) is 5.92 Å². The number of halogens is 1. The number of rotatable bonds is 8. The number of hydrogen-bond acceptors (Lipinski definition) is 5. The highest BCUT2D eigenvalue weighted by Crippen LogP contribution is 2.37. The molecule has 2 atom stereocenters. The van der Waals surface area contributed by atoms with E-state index in [2.05, 4.69) is 51.8 Å². The van der Waals surface area contributed by atoms with Crippen molar-refractivity contribution in [2.45, 2.75) is 25.7 Å². The number of benzene rings is 3. The molecule has 6 nitrogen and oxygen atoms in total. The highest BCUT2D eigenvalue weighted by atomic mass is 32.1. The maximum atomic E-state index is 13.4. The van der Waals surface area contributed by atoms with Gasteiger partial charge in [-0.15, -0.1) is 10.2 Å². The van der Waals surface area contributed by atoms with Crippen LogP contribution >= 0.6 is 11.3 Å². The molecule has 1 N–H and O–H groups in total. The summed E-state index contributed by atoms with van der Waals surface area (Å²) in [5.74, 6) is -0.801. The number of hydrogen-bond donors (Lipinski definition) is 1. The molecule has 0 aliphatic heterocycles. The summed E-state index contributed by atoms with van der Waals surface area (Å²) >= 11 is 1.30. The van der Waals surface area contributed by atoms with Crippen molar-refractivity contribution in [3.05, 3.63) is 101 Å². The van der Waals surface area contributed by atoms with Crippen LogP contribution in [0.15, 0.2) is 84.5 Å². The summed E-state index contributed by atoms with van der Waals surface area (Å²) in [6.45, 7) is 2.09.